The van der Waals surface area contributed by atoms with Gasteiger partial charge in [-0.2, -0.15) is 0 Å². The zero-order valence-electron chi connectivity index (χ0n) is 11.3. The van der Waals surface area contributed by atoms with Crippen molar-refractivity contribution in [1.82, 2.24) is 5.32 Å². The number of nitrogens with one attached hydrogen (secondary N) is 1. The summed E-state index contributed by atoms with van der Waals surface area (Å²) in [4.78, 5) is 0. The molecule has 0 fully saturated rings. The van der Waals surface area contributed by atoms with E-state index in [9.17, 15) is 4.21 Å². The van der Waals surface area contributed by atoms with Crippen LogP contribution in [-0.4, -0.2) is 29.4 Å². The number of hydrogen-bond donors (Lipinski definition) is 1. The number of halogens is 2. The van der Waals surface area contributed by atoms with Crippen molar-refractivity contribution in [2.24, 2.45) is 0 Å². The summed E-state index contributed by atoms with van der Waals surface area (Å²) in [6.07, 6.45) is 2.67. The van der Waals surface area contributed by atoms with Crippen LogP contribution < -0.4 is 10.1 Å². The zero-order chi connectivity index (χ0) is 14.4. The first-order valence-electron chi connectivity index (χ1n) is 6.00. The second kappa shape index (κ2) is 8.39. The van der Waals surface area contributed by atoms with Gasteiger partial charge >= 0.3 is 0 Å². The van der Waals surface area contributed by atoms with Gasteiger partial charge in [-0.15, -0.1) is 0 Å². The van der Waals surface area contributed by atoms with Crippen LogP contribution in [0.15, 0.2) is 21.1 Å². The van der Waals surface area contributed by atoms with Crippen LogP contribution in [0, 0.1) is 0 Å². The second-order valence-electron chi connectivity index (χ2n) is 4.37. The Labute approximate surface area is 134 Å². The van der Waals surface area contributed by atoms with Crippen molar-refractivity contribution in [3.63, 3.8) is 0 Å². The Hall–Kier alpha value is 0.0900. The Balaban J connectivity index is 2.48. The summed E-state index contributed by atoms with van der Waals surface area (Å²) < 4.78 is 18.4. The number of methoxy groups -OCH3 is 1. The standard InChI is InChI=1S/C13H19Br2NO2S/c1-9(19(3)17)4-5-16-8-10-6-11(14)13(18-2)12(15)7-10/h6-7,9,16H,4-5,8H2,1-3H3. The Bertz CT molecular complexity index is 431. The maximum absolute atomic E-state index is 11.2. The monoisotopic (exact) mass is 411 g/mol. The third-order valence-corrected chi connectivity index (χ3v) is 5.43. The fourth-order valence-corrected chi connectivity index (χ4v) is 3.67. The van der Waals surface area contributed by atoms with E-state index in [1.807, 2.05) is 19.1 Å². The van der Waals surface area contributed by atoms with Crippen LogP contribution in [0.3, 0.4) is 0 Å². The minimum Gasteiger partial charge on any atom is -0.494 e. The molecule has 1 N–H and O–H groups in total. The van der Waals surface area contributed by atoms with Gasteiger partial charge in [-0.25, -0.2) is 0 Å². The van der Waals surface area contributed by atoms with Crippen LogP contribution >= 0.6 is 31.9 Å². The number of hydrogen-bond acceptors (Lipinski definition) is 3. The highest BCUT2D eigenvalue weighted by molar-refractivity contribution is 9.11. The van der Waals surface area contributed by atoms with E-state index in [1.165, 1.54) is 5.56 Å². The summed E-state index contributed by atoms with van der Waals surface area (Å²) in [5, 5.41) is 3.60. The van der Waals surface area contributed by atoms with E-state index in [0.717, 1.165) is 34.2 Å². The van der Waals surface area contributed by atoms with Crippen LogP contribution in [-0.2, 0) is 17.3 Å². The molecule has 2 unspecified atom stereocenters. The first-order chi connectivity index (χ1) is 8.95. The molecule has 0 bridgehead atoms. The van der Waals surface area contributed by atoms with Gasteiger partial charge in [-0.1, -0.05) is 6.92 Å². The van der Waals surface area contributed by atoms with Crippen LogP contribution in [0.2, 0.25) is 0 Å². The van der Waals surface area contributed by atoms with E-state index in [0.29, 0.717) is 0 Å². The molecule has 1 aromatic rings. The van der Waals surface area contributed by atoms with E-state index in [2.05, 4.69) is 37.2 Å². The summed E-state index contributed by atoms with van der Waals surface area (Å²) in [5.41, 5.74) is 1.17. The average molecular weight is 413 g/mol. The van der Waals surface area contributed by atoms with E-state index in [1.54, 1.807) is 13.4 Å². The lowest BCUT2D eigenvalue weighted by Crippen LogP contribution is -2.21. The van der Waals surface area contributed by atoms with Crippen LogP contribution in [0.5, 0.6) is 5.75 Å². The van der Waals surface area contributed by atoms with Gasteiger partial charge in [0, 0.05) is 28.9 Å². The van der Waals surface area contributed by atoms with E-state index in [4.69, 9.17) is 4.74 Å². The van der Waals surface area contributed by atoms with Crippen LogP contribution in [0.25, 0.3) is 0 Å². The van der Waals surface area contributed by atoms with Crippen molar-refractivity contribution < 1.29 is 8.95 Å². The SMILES string of the molecule is COc1c(Br)cc(CNCCC(C)S(C)=O)cc1Br. The molecule has 0 aliphatic heterocycles. The molecule has 0 saturated carbocycles. The van der Waals surface area contributed by atoms with Gasteiger partial charge in [0.1, 0.15) is 5.75 Å². The molecule has 2 atom stereocenters. The van der Waals surface area contributed by atoms with Crippen LogP contribution in [0.1, 0.15) is 18.9 Å². The summed E-state index contributed by atoms with van der Waals surface area (Å²) in [7, 11) is 0.906. The van der Waals surface area contributed by atoms with E-state index in [-0.39, 0.29) is 5.25 Å². The van der Waals surface area contributed by atoms with Gasteiger partial charge < -0.3 is 10.1 Å². The quantitative estimate of drug-likeness (QED) is 0.696. The second-order valence-corrected chi connectivity index (χ2v) is 7.88. The molecule has 19 heavy (non-hydrogen) atoms. The molecule has 108 valence electrons. The predicted molar refractivity (Wildman–Crippen MR) is 88.2 cm³/mol. The first kappa shape index (κ1) is 17.1. The fraction of sp³-hybridized carbons (Fsp3) is 0.538. The Morgan fingerprint density at radius 3 is 2.42 bits per heavy atom. The lowest BCUT2D eigenvalue weighted by atomic mass is 10.2. The largest absolute Gasteiger partial charge is 0.494 e. The molecule has 1 rings (SSSR count). The first-order valence-corrected chi connectivity index (χ1v) is 9.21. The van der Waals surface area contributed by atoms with Crippen molar-refractivity contribution in [3.05, 3.63) is 26.6 Å². The molecular formula is C13H19Br2NO2S. The average Bonchev–Trinajstić information content (AvgIpc) is 2.34. The lowest BCUT2D eigenvalue weighted by Gasteiger charge is -2.11. The van der Waals surface area contributed by atoms with Gasteiger partial charge in [-0.3, -0.25) is 4.21 Å². The maximum atomic E-state index is 11.2. The summed E-state index contributed by atoms with van der Waals surface area (Å²) in [5.74, 6) is 0.804. The van der Waals surface area contributed by atoms with Crippen molar-refractivity contribution >= 4 is 42.7 Å². The van der Waals surface area contributed by atoms with Gasteiger partial charge in [-0.05, 0) is 62.5 Å². The number of ether oxygens (including phenoxy) is 1. The highest BCUT2D eigenvalue weighted by Crippen LogP contribution is 2.34. The van der Waals surface area contributed by atoms with E-state index < -0.39 is 10.8 Å². The highest BCUT2D eigenvalue weighted by Gasteiger charge is 2.08. The molecule has 0 aromatic heterocycles. The number of benzene rings is 1. The van der Waals surface area contributed by atoms with Crippen molar-refractivity contribution in [2.45, 2.75) is 25.1 Å². The van der Waals surface area contributed by atoms with Crippen molar-refractivity contribution in [3.8, 4) is 5.75 Å². The fourth-order valence-electron chi connectivity index (χ4n) is 1.61. The zero-order valence-corrected chi connectivity index (χ0v) is 15.3. The molecule has 0 radical (unpaired) electrons. The molecule has 0 saturated heterocycles. The minimum absolute atomic E-state index is 0.238. The molecule has 6 heteroatoms. The molecule has 0 spiro atoms. The lowest BCUT2D eigenvalue weighted by molar-refractivity contribution is 0.409. The highest BCUT2D eigenvalue weighted by atomic mass is 79.9. The Morgan fingerprint density at radius 2 is 1.95 bits per heavy atom. The van der Waals surface area contributed by atoms with Gasteiger partial charge in [0.25, 0.3) is 0 Å². The summed E-state index contributed by atoms with van der Waals surface area (Å²) in [6, 6.07) is 4.08. The summed E-state index contributed by atoms with van der Waals surface area (Å²) in [6.45, 7) is 3.66. The molecule has 0 amide bonds. The Kier molecular flexibility index (Phi) is 7.57. The van der Waals surface area contributed by atoms with E-state index >= 15 is 0 Å². The van der Waals surface area contributed by atoms with Crippen molar-refractivity contribution in [1.29, 1.82) is 0 Å². The normalized spacial score (nSPS) is 14.2. The Morgan fingerprint density at radius 1 is 1.37 bits per heavy atom. The minimum atomic E-state index is -0.741. The molecule has 0 heterocycles. The number of rotatable bonds is 7. The van der Waals surface area contributed by atoms with Crippen molar-refractivity contribution in [2.75, 3.05) is 19.9 Å². The topological polar surface area (TPSA) is 38.3 Å². The van der Waals surface area contributed by atoms with Gasteiger partial charge in [0.05, 0.1) is 16.1 Å². The molecular weight excluding hydrogens is 394 g/mol. The van der Waals surface area contributed by atoms with Gasteiger partial charge in [0.15, 0.2) is 0 Å². The smallest absolute Gasteiger partial charge is 0.147 e. The maximum Gasteiger partial charge on any atom is 0.147 e. The molecule has 3 nitrogen and oxygen atoms in total. The molecule has 0 aliphatic rings. The molecule has 0 aliphatic carbocycles. The molecule has 1 aromatic carbocycles. The third-order valence-electron chi connectivity index (χ3n) is 2.89. The summed E-state index contributed by atoms with van der Waals surface area (Å²) >= 11 is 6.97. The predicted octanol–water partition coefficient (Wildman–Crippen LogP) is 3.47. The third kappa shape index (κ3) is 5.53. The van der Waals surface area contributed by atoms with Gasteiger partial charge in [0.2, 0.25) is 0 Å². The van der Waals surface area contributed by atoms with Crippen LogP contribution in [0.4, 0.5) is 0 Å².